The zero-order valence-corrected chi connectivity index (χ0v) is 12.5. The average molecular weight is 304 g/mol. The summed E-state index contributed by atoms with van der Waals surface area (Å²) in [6, 6.07) is 2.74. The highest BCUT2D eigenvalue weighted by molar-refractivity contribution is 7.88. The number of phenolic OH excluding ortho intramolecular Hbond substituents is 3. The van der Waals surface area contributed by atoms with E-state index in [2.05, 4.69) is 10.0 Å². The molecule has 0 bridgehead atoms. The van der Waals surface area contributed by atoms with Gasteiger partial charge in [0.05, 0.1) is 6.26 Å². The first-order valence-corrected chi connectivity index (χ1v) is 7.83. The molecule has 0 atom stereocenters. The Morgan fingerprint density at radius 2 is 1.75 bits per heavy atom. The first-order valence-electron chi connectivity index (χ1n) is 5.94. The fraction of sp³-hybridized carbons (Fsp3) is 0.500. The molecular weight excluding hydrogens is 284 g/mol. The lowest BCUT2D eigenvalue weighted by molar-refractivity contribution is 0.362. The van der Waals surface area contributed by atoms with E-state index in [0.717, 1.165) is 6.26 Å². The van der Waals surface area contributed by atoms with Gasteiger partial charge in [0.15, 0.2) is 11.5 Å². The maximum Gasteiger partial charge on any atom is 0.209 e. The van der Waals surface area contributed by atoms with E-state index < -0.39 is 32.8 Å². The van der Waals surface area contributed by atoms with E-state index in [1.165, 1.54) is 12.1 Å². The number of phenols is 3. The van der Waals surface area contributed by atoms with Crippen molar-refractivity contribution in [2.24, 2.45) is 0 Å². The molecular formula is C12H20N2O5S. The van der Waals surface area contributed by atoms with Crippen molar-refractivity contribution >= 4 is 10.0 Å². The molecule has 0 radical (unpaired) electrons. The quantitative estimate of drug-likeness (QED) is 0.480. The smallest absolute Gasteiger partial charge is 0.209 e. The lowest BCUT2D eigenvalue weighted by Crippen LogP contribution is -2.49. The minimum Gasteiger partial charge on any atom is -0.504 e. The molecule has 0 amide bonds. The molecule has 0 aromatic heterocycles. The lowest BCUT2D eigenvalue weighted by atomic mass is 10.1. The number of benzene rings is 1. The van der Waals surface area contributed by atoms with Crippen LogP contribution < -0.4 is 10.0 Å². The second-order valence-electron chi connectivity index (χ2n) is 5.30. The number of rotatable bonds is 6. The van der Waals surface area contributed by atoms with Gasteiger partial charge >= 0.3 is 0 Å². The van der Waals surface area contributed by atoms with Crippen LogP contribution in [0.3, 0.4) is 0 Å². The predicted molar refractivity (Wildman–Crippen MR) is 75.2 cm³/mol. The topological polar surface area (TPSA) is 119 Å². The van der Waals surface area contributed by atoms with Gasteiger partial charge in [0.1, 0.15) is 0 Å². The van der Waals surface area contributed by atoms with Crippen LogP contribution in [0.4, 0.5) is 0 Å². The number of nitrogens with one attached hydrogen (secondary N) is 2. The largest absolute Gasteiger partial charge is 0.504 e. The van der Waals surface area contributed by atoms with Gasteiger partial charge in [-0.3, -0.25) is 0 Å². The third-order valence-corrected chi connectivity index (χ3v) is 3.48. The van der Waals surface area contributed by atoms with Crippen LogP contribution in [0.5, 0.6) is 17.2 Å². The normalized spacial score (nSPS) is 12.6. The molecule has 8 heteroatoms. The molecule has 5 N–H and O–H groups in total. The lowest BCUT2D eigenvalue weighted by Gasteiger charge is -2.25. The van der Waals surface area contributed by atoms with Gasteiger partial charge < -0.3 is 20.6 Å². The van der Waals surface area contributed by atoms with E-state index in [0.29, 0.717) is 12.1 Å². The van der Waals surface area contributed by atoms with Gasteiger partial charge in [0.25, 0.3) is 0 Å². The minimum absolute atomic E-state index is 0.217. The Morgan fingerprint density at radius 1 is 1.15 bits per heavy atom. The van der Waals surface area contributed by atoms with Gasteiger partial charge in [-0.25, -0.2) is 13.1 Å². The van der Waals surface area contributed by atoms with Crippen molar-refractivity contribution in [3.63, 3.8) is 0 Å². The molecule has 0 unspecified atom stereocenters. The molecule has 0 aliphatic carbocycles. The molecule has 0 aliphatic rings. The van der Waals surface area contributed by atoms with E-state index in [1.54, 1.807) is 13.8 Å². The number of hydrogen-bond donors (Lipinski definition) is 5. The van der Waals surface area contributed by atoms with Crippen molar-refractivity contribution in [1.29, 1.82) is 0 Å². The molecule has 0 saturated carbocycles. The van der Waals surface area contributed by atoms with Crippen LogP contribution in [-0.4, -0.2) is 42.1 Å². The Labute approximate surface area is 118 Å². The SMILES string of the molecule is CC(C)(CNCc1ccc(O)c(O)c1O)NS(C)(=O)=O. The summed E-state index contributed by atoms with van der Waals surface area (Å²) in [5.41, 5.74) is -0.294. The van der Waals surface area contributed by atoms with Crippen LogP contribution in [0, 0.1) is 0 Å². The fourth-order valence-electron chi connectivity index (χ4n) is 1.80. The second kappa shape index (κ2) is 5.86. The Kier molecular flexibility index (Phi) is 4.85. The summed E-state index contributed by atoms with van der Waals surface area (Å²) in [5, 5.41) is 31.2. The van der Waals surface area contributed by atoms with Gasteiger partial charge in [0, 0.05) is 24.2 Å². The van der Waals surface area contributed by atoms with E-state index in [4.69, 9.17) is 0 Å². The average Bonchev–Trinajstić information content (AvgIpc) is 2.26. The molecule has 1 rings (SSSR count). The van der Waals surface area contributed by atoms with Crippen molar-refractivity contribution in [3.05, 3.63) is 17.7 Å². The second-order valence-corrected chi connectivity index (χ2v) is 7.05. The summed E-state index contributed by atoms with van der Waals surface area (Å²) in [6.45, 7) is 3.97. The molecule has 7 nitrogen and oxygen atoms in total. The molecule has 0 spiro atoms. The summed E-state index contributed by atoms with van der Waals surface area (Å²) < 4.78 is 24.8. The Balaban J connectivity index is 2.63. The van der Waals surface area contributed by atoms with Gasteiger partial charge in [0.2, 0.25) is 15.8 Å². The maximum atomic E-state index is 11.2. The highest BCUT2D eigenvalue weighted by atomic mass is 32.2. The van der Waals surface area contributed by atoms with Crippen LogP contribution in [0.15, 0.2) is 12.1 Å². The molecule has 114 valence electrons. The summed E-state index contributed by atoms with van der Waals surface area (Å²) in [6.07, 6.45) is 1.08. The van der Waals surface area contributed by atoms with Gasteiger partial charge in [-0.15, -0.1) is 0 Å². The van der Waals surface area contributed by atoms with Crippen molar-refractivity contribution in [2.75, 3.05) is 12.8 Å². The Bertz CT molecular complexity index is 584. The molecule has 1 aromatic carbocycles. The Hall–Kier alpha value is -1.51. The first kappa shape index (κ1) is 16.5. The summed E-state index contributed by atoms with van der Waals surface area (Å²) in [5.74, 6) is -1.37. The first-order chi connectivity index (χ1) is 9.02. The number of sulfonamides is 1. The zero-order valence-electron chi connectivity index (χ0n) is 11.6. The van der Waals surface area contributed by atoms with E-state index >= 15 is 0 Å². The summed E-state index contributed by atoms with van der Waals surface area (Å²) >= 11 is 0. The van der Waals surface area contributed by atoms with Crippen molar-refractivity contribution in [2.45, 2.75) is 25.9 Å². The molecule has 0 heterocycles. The predicted octanol–water partition coefficient (Wildman–Crippen LogP) is 0.221. The zero-order chi connectivity index (χ0) is 15.6. The summed E-state index contributed by atoms with van der Waals surface area (Å²) in [4.78, 5) is 0. The number of hydrogen-bond acceptors (Lipinski definition) is 6. The maximum absolute atomic E-state index is 11.2. The molecule has 0 aliphatic heterocycles. The summed E-state index contributed by atoms with van der Waals surface area (Å²) in [7, 11) is -3.31. The van der Waals surface area contributed by atoms with Crippen LogP contribution in [0.1, 0.15) is 19.4 Å². The van der Waals surface area contributed by atoms with Crippen molar-refractivity contribution < 1.29 is 23.7 Å². The van der Waals surface area contributed by atoms with Crippen LogP contribution in [-0.2, 0) is 16.6 Å². The highest BCUT2D eigenvalue weighted by Crippen LogP contribution is 2.36. The highest BCUT2D eigenvalue weighted by Gasteiger charge is 2.21. The van der Waals surface area contributed by atoms with E-state index in [9.17, 15) is 23.7 Å². The molecule has 0 fully saturated rings. The monoisotopic (exact) mass is 304 g/mol. The van der Waals surface area contributed by atoms with Crippen LogP contribution in [0.2, 0.25) is 0 Å². The van der Waals surface area contributed by atoms with Crippen LogP contribution >= 0.6 is 0 Å². The van der Waals surface area contributed by atoms with Gasteiger partial charge in [-0.2, -0.15) is 0 Å². The van der Waals surface area contributed by atoms with Gasteiger partial charge in [-0.05, 0) is 19.9 Å². The minimum atomic E-state index is -3.31. The van der Waals surface area contributed by atoms with E-state index in [-0.39, 0.29) is 6.54 Å². The van der Waals surface area contributed by atoms with Crippen molar-refractivity contribution in [1.82, 2.24) is 10.0 Å². The van der Waals surface area contributed by atoms with E-state index in [1.807, 2.05) is 0 Å². The molecule has 0 saturated heterocycles. The number of aromatic hydroxyl groups is 3. The molecule has 1 aromatic rings. The van der Waals surface area contributed by atoms with Crippen LogP contribution in [0.25, 0.3) is 0 Å². The standard InChI is InChI=1S/C12H20N2O5S/c1-12(2,14-20(3,18)19)7-13-6-8-4-5-9(15)11(17)10(8)16/h4-5,13-17H,6-7H2,1-3H3. The third kappa shape index (κ3) is 4.87. The third-order valence-electron chi connectivity index (χ3n) is 2.56. The fourth-order valence-corrected chi connectivity index (χ4v) is 2.88. The van der Waals surface area contributed by atoms with Gasteiger partial charge in [-0.1, -0.05) is 6.07 Å². The van der Waals surface area contributed by atoms with Crippen molar-refractivity contribution in [3.8, 4) is 17.2 Å². The molecule has 20 heavy (non-hydrogen) atoms. The Morgan fingerprint density at radius 3 is 2.30 bits per heavy atom.